The van der Waals surface area contributed by atoms with E-state index in [0.29, 0.717) is 5.95 Å². The Bertz CT molecular complexity index is 1500. The van der Waals surface area contributed by atoms with Gasteiger partial charge < -0.3 is 10.2 Å². The predicted octanol–water partition coefficient (Wildman–Crippen LogP) is 4.74. The van der Waals surface area contributed by atoms with Crippen molar-refractivity contribution in [2.75, 3.05) is 18.9 Å². The van der Waals surface area contributed by atoms with E-state index in [1.807, 2.05) is 31.2 Å². The lowest BCUT2D eigenvalue weighted by molar-refractivity contribution is 0.464. The Hall–Kier alpha value is -4.20. The molecule has 0 atom stereocenters. The van der Waals surface area contributed by atoms with Crippen LogP contribution in [-0.2, 0) is 26.9 Å². The Morgan fingerprint density at radius 1 is 0.944 bits per heavy atom. The maximum absolute atomic E-state index is 4.94. The lowest BCUT2D eigenvalue weighted by Crippen LogP contribution is -2.11. The van der Waals surface area contributed by atoms with Crippen molar-refractivity contribution in [2.24, 2.45) is 14.1 Å². The first-order chi connectivity index (χ1) is 17.4. The summed E-state index contributed by atoms with van der Waals surface area (Å²) < 4.78 is 3.75. The molecule has 0 saturated carbocycles. The summed E-state index contributed by atoms with van der Waals surface area (Å²) in [6.07, 6.45) is 13.0. The van der Waals surface area contributed by atoms with Gasteiger partial charge in [-0.3, -0.25) is 9.36 Å². The van der Waals surface area contributed by atoms with E-state index in [9.17, 15) is 0 Å². The molecule has 1 aliphatic carbocycles. The zero-order chi connectivity index (χ0) is 24.8. The molecule has 0 saturated heterocycles. The van der Waals surface area contributed by atoms with Crippen molar-refractivity contribution in [3.8, 4) is 22.5 Å². The minimum absolute atomic E-state index is 0.561. The standard InChI is InChI=1S/C28H30N8/c1-18-11-12-34(2)16-22(13-18)19-5-7-20(8-6-19)27-25-24(33-36(27)4)10-9-21-14-29-28(32-26(21)25)31-23-15-30-35(3)17-23/h5-8,13-17H,9-12H2,1-4H3,(H,29,31,32). The highest BCUT2D eigenvalue weighted by Crippen LogP contribution is 2.40. The lowest BCUT2D eigenvalue weighted by atomic mass is 9.91. The van der Waals surface area contributed by atoms with Crippen molar-refractivity contribution in [3.05, 3.63) is 77.5 Å². The highest BCUT2D eigenvalue weighted by Gasteiger charge is 2.27. The Balaban J connectivity index is 1.38. The van der Waals surface area contributed by atoms with Gasteiger partial charge in [0.1, 0.15) is 0 Å². The first-order valence-electron chi connectivity index (χ1n) is 12.3. The predicted molar refractivity (Wildman–Crippen MR) is 143 cm³/mol. The van der Waals surface area contributed by atoms with E-state index in [2.05, 4.69) is 70.8 Å². The van der Waals surface area contributed by atoms with Crippen LogP contribution >= 0.6 is 0 Å². The summed E-state index contributed by atoms with van der Waals surface area (Å²) in [5.74, 6) is 0.561. The fraction of sp³-hybridized carbons (Fsp3) is 0.286. The summed E-state index contributed by atoms with van der Waals surface area (Å²) in [6.45, 7) is 3.25. The van der Waals surface area contributed by atoms with Gasteiger partial charge in [-0.1, -0.05) is 35.9 Å². The van der Waals surface area contributed by atoms with Crippen LogP contribution in [0.2, 0.25) is 0 Å². The average Bonchev–Trinajstić information content (AvgIpc) is 3.38. The molecule has 0 spiro atoms. The van der Waals surface area contributed by atoms with E-state index < -0.39 is 0 Å². The molecule has 0 radical (unpaired) electrons. The molecule has 1 aliphatic heterocycles. The molecule has 36 heavy (non-hydrogen) atoms. The third-order valence-electron chi connectivity index (χ3n) is 6.93. The Morgan fingerprint density at radius 2 is 1.75 bits per heavy atom. The molecule has 0 fully saturated rings. The van der Waals surface area contributed by atoms with E-state index in [4.69, 9.17) is 10.1 Å². The molecule has 3 aromatic heterocycles. The number of rotatable bonds is 4. The first-order valence-corrected chi connectivity index (χ1v) is 12.3. The Morgan fingerprint density at radius 3 is 2.53 bits per heavy atom. The van der Waals surface area contributed by atoms with E-state index in [-0.39, 0.29) is 0 Å². The number of allylic oxidation sites excluding steroid dienone is 2. The molecule has 1 aromatic carbocycles. The average molecular weight is 479 g/mol. The number of benzene rings is 1. The zero-order valence-corrected chi connectivity index (χ0v) is 21.2. The van der Waals surface area contributed by atoms with Gasteiger partial charge in [0.25, 0.3) is 0 Å². The maximum atomic E-state index is 4.94. The maximum Gasteiger partial charge on any atom is 0.227 e. The van der Waals surface area contributed by atoms with Gasteiger partial charge in [0.05, 0.1) is 29.0 Å². The van der Waals surface area contributed by atoms with Crippen molar-refractivity contribution in [1.29, 1.82) is 0 Å². The van der Waals surface area contributed by atoms with Gasteiger partial charge in [-0.05, 0) is 42.9 Å². The van der Waals surface area contributed by atoms with Crippen molar-refractivity contribution in [2.45, 2.75) is 26.2 Å². The van der Waals surface area contributed by atoms with Crippen molar-refractivity contribution >= 4 is 17.2 Å². The van der Waals surface area contributed by atoms with Crippen LogP contribution in [0.15, 0.2) is 60.7 Å². The van der Waals surface area contributed by atoms with Gasteiger partial charge in [-0.2, -0.15) is 10.2 Å². The minimum atomic E-state index is 0.561. The van der Waals surface area contributed by atoms with E-state index in [0.717, 1.165) is 65.3 Å². The number of aromatic nitrogens is 6. The molecular formula is C28H30N8. The summed E-state index contributed by atoms with van der Waals surface area (Å²) >= 11 is 0. The number of fused-ring (bicyclic) bond motifs is 3. The van der Waals surface area contributed by atoms with E-state index in [1.165, 1.54) is 16.7 Å². The molecule has 6 rings (SSSR count). The molecular weight excluding hydrogens is 448 g/mol. The van der Waals surface area contributed by atoms with Crippen LogP contribution in [0.4, 0.5) is 11.6 Å². The number of hydrogen-bond donors (Lipinski definition) is 1. The van der Waals surface area contributed by atoms with Crippen molar-refractivity contribution in [3.63, 3.8) is 0 Å². The van der Waals surface area contributed by atoms with Gasteiger partial charge in [-0.25, -0.2) is 9.97 Å². The van der Waals surface area contributed by atoms with Crippen LogP contribution in [0.25, 0.3) is 28.1 Å². The molecule has 0 unspecified atom stereocenters. The van der Waals surface area contributed by atoms with Gasteiger partial charge >= 0.3 is 0 Å². The van der Waals surface area contributed by atoms with Crippen LogP contribution in [0.3, 0.4) is 0 Å². The summed E-state index contributed by atoms with van der Waals surface area (Å²) in [4.78, 5) is 11.8. The van der Waals surface area contributed by atoms with Crippen LogP contribution in [0.5, 0.6) is 0 Å². The summed E-state index contributed by atoms with van der Waals surface area (Å²) in [5.41, 5.74) is 11.2. The SMILES string of the molecule is CC1=CC(c2ccc(-c3c4c(nn3C)CCc3cnc(Nc5cnn(C)c5)nc3-4)cc2)=CN(C)CC1. The number of anilines is 2. The van der Waals surface area contributed by atoms with Crippen LogP contribution in [0, 0.1) is 0 Å². The number of hydrogen-bond acceptors (Lipinski definition) is 6. The molecule has 4 aromatic rings. The second kappa shape index (κ2) is 8.78. The monoisotopic (exact) mass is 478 g/mol. The highest BCUT2D eigenvalue weighted by atomic mass is 15.3. The number of nitrogens with zero attached hydrogens (tertiary/aromatic N) is 7. The van der Waals surface area contributed by atoms with E-state index in [1.54, 1.807) is 10.9 Å². The number of aryl methyl sites for hydroxylation is 4. The highest BCUT2D eigenvalue weighted by molar-refractivity contribution is 5.85. The fourth-order valence-corrected chi connectivity index (χ4v) is 5.08. The van der Waals surface area contributed by atoms with Gasteiger partial charge in [0.2, 0.25) is 5.95 Å². The summed E-state index contributed by atoms with van der Waals surface area (Å²) in [6, 6.07) is 8.82. The fourth-order valence-electron chi connectivity index (χ4n) is 5.08. The van der Waals surface area contributed by atoms with Crippen LogP contribution in [-0.4, -0.2) is 48.0 Å². The minimum Gasteiger partial charge on any atom is -0.380 e. The third kappa shape index (κ3) is 4.08. The molecule has 4 heterocycles. The largest absolute Gasteiger partial charge is 0.380 e. The molecule has 0 amide bonds. The molecule has 182 valence electrons. The second-order valence-electron chi connectivity index (χ2n) is 9.77. The topological polar surface area (TPSA) is 76.7 Å². The molecule has 8 heteroatoms. The Kier molecular flexibility index (Phi) is 5.44. The first kappa shape index (κ1) is 22.3. The van der Waals surface area contributed by atoms with Crippen LogP contribution < -0.4 is 5.32 Å². The lowest BCUT2D eigenvalue weighted by Gasteiger charge is -2.17. The molecule has 8 nitrogen and oxygen atoms in total. The smallest absolute Gasteiger partial charge is 0.227 e. The summed E-state index contributed by atoms with van der Waals surface area (Å²) in [5, 5.41) is 12.4. The second-order valence-corrected chi connectivity index (χ2v) is 9.77. The van der Waals surface area contributed by atoms with Gasteiger partial charge in [-0.15, -0.1) is 0 Å². The van der Waals surface area contributed by atoms with Crippen molar-refractivity contribution < 1.29 is 0 Å². The zero-order valence-electron chi connectivity index (χ0n) is 21.2. The molecule has 0 bridgehead atoms. The molecule has 1 N–H and O–H groups in total. The molecule has 2 aliphatic rings. The van der Waals surface area contributed by atoms with Gasteiger partial charge in [0, 0.05) is 57.4 Å². The Labute approximate surface area is 211 Å². The van der Waals surface area contributed by atoms with Crippen molar-refractivity contribution in [1.82, 2.24) is 34.4 Å². The van der Waals surface area contributed by atoms with Crippen LogP contribution in [0.1, 0.15) is 30.2 Å². The van der Waals surface area contributed by atoms with Gasteiger partial charge in [0.15, 0.2) is 0 Å². The quantitative estimate of drug-likeness (QED) is 0.457. The van der Waals surface area contributed by atoms with E-state index >= 15 is 0 Å². The number of nitrogens with one attached hydrogen (secondary N) is 1. The third-order valence-corrected chi connectivity index (χ3v) is 6.93. The summed E-state index contributed by atoms with van der Waals surface area (Å²) in [7, 11) is 6.05. The normalized spacial score (nSPS) is 15.1.